The largest absolute Gasteiger partial charge is 0.360 e. The smallest absolute Gasteiger partial charge is 0.274 e. The molecule has 1 aliphatic rings. The first-order chi connectivity index (χ1) is 8.74. The molecule has 0 saturated heterocycles. The van der Waals surface area contributed by atoms with Crippen LogP contribution in [-0.4, -0.2) is 31.7 Å². The van der Waals surface area contributed by atoms with Crippen LogP contribution in [-0.2, 0) is 0 Å². The number of carbonyl (C=O) groups excluding carboxylic acids is 1. The van der Waals surface area contributed by atoms with E-state index in [-0.39, 0.29) is 17.6 Å². The Morgan fingerprint density at radius 3 is 3.11 bits per heavy atom. The minimum absolute atomic E-state index is 0.284. The maximum Gasteiger partial charge on any atom is 0.274 e. The second-order valence-electron chi connectivity index (χ2n) is 4.35. The zero-order valence-electron chi connectivity index (χ0n) is 9.75. The van der Waals surface area contributed by atoms with Crippen molar-refractivity contribution < 1.29 is 9.32 Å². The third kappa shape index (κ3) is 2.08. The monoisotopic (exact) mass is 248 g/mol. The van der Waals surface area contributed by atoms with Crippen molar-refractivity contribution in [2.75, 3.05) is 0 Å². The SMILES string of the molecule is CC(NC(=O)c1cc(C2CC2)on1)c1nn[nH]n1. The molecule has 3 rings (SSSR count). The molecule has 1 atom stereocenters. The lowest BCUT2D eigenvalue weighted by molar-refractivity contribution is 0.0929. The highest BCUT2D eigenvalue weighted by Gasteiger charge is 2.29. The van der Waals surface area contributed by atoms with Crippen molar-refractivity contribution in [2.24, 2.45) is 0 Å². The standard InChI is InChI=1S/C10H12N6O2/c1-5(9-12-15-16-13-9)11-10(17)7-4-8(18-14-7)6-2-3-6/h4-6H,2-3H2,1H3,(H,11,17)(H,12,13,15,16). The van der Waals surface area contributed by atoms with Crippen LogP contribution in [0.15, 0.2) is 10.6 Å². The number of aromatic amines is 1. The summed E-state index contributed by atoms with van der Waals surface area (Å²) in [4.78, 5) is 11.9. The quantitative estimate of drug-likeness (QED) is 0.817. The van der Waals surface area contributed by atoms with Crippen molar-refractivity contribution in [3.8, 4) is 0 Å². The van der Waals surface area contributed by atoms with E-state index in [4.69, 9.17) is 4.52 Å². The van der Waals surface area contributed by atoms with Gasteiger partial charge in [-0.25, -0.2) is 0 Å². The van der Waals surface area contributed by atoms with Gasteiger partial charge in [0.1, 0.15) is 5.76 Å². The number of hydrogen-bond acceptors (Lipinski definition) is 6. The Hall–Kier alpha value is -2.25. The van der Waals surface area contributed by atoms with E-state index >= 15 is 0 Å². The maximum atomic E-state index is 11.9. The lowest BCUT2D eigenvalue weighted by atomic mass is 10.2. The van der Waals surface area contributed by atoms with Crippen molar-refractivity contribution in [1.29, 1.82) is 0 Å². The normalized spacial score (nSPS) is 16.5. The van der Waals surface area contributed by atoms with Crippen LogP contribution in [0.5, 0.6) is 0 Å². The molecule has 1 amide bonds. The molecule has 2 aromatic rings. The van der Waals surface area contributed by atoms with Crippen LogP contribution in [0.4, 0.5) is 0 Å². The molecule has 94 valence electrons. The minimum atomic E-state index is -0.336. The van der Waals surface area contributed by atoms with Gasteiger partial charge >= 0.3 is 0 Å². The van der Waals surface area contributed by atoms with E-state index in [1.54, 1.807) is 13.0 Å². The summed E-state index contributed by atoms with van der Waals surface area (Å²) in [5.41, 5.74) is 0.284. The lowest BCUT2D eigenvalue weighted by Crippen LogP contribution is -2.27. The number of hydrogen-bond donors (Lipinski definition) is 2. The first-order valence-electron chi connectivity index (χ1n) is 5.75. The molecule has 1 fully saturated rings. The average molecular weight is 248 g/mol. The molecule has 0 spiro atoms. The third-order valence-electron chi connectivity index (χ3n) is 2.84. The fourth-order valence-corrected chi connectivity index (χ4v) is 1.64. The highest BCUT2D eigenvalue weighted by Crippen LogP contribution is 2.40. The number of nitrogens with one attached hydrogen (secondary N) is 2. The highest BCUT2D eigenvalue weighted by atomic mass is 16.5. The predicted octanol–water partition coefficient (Wildman–Crippen LogP) is 0.556. The van der Waals surface area contributed by atoms with Gasteiger partial charge in [-0.3, -0.25) is 4.79 Å². The number of carbonyl (C=O) groups is 1. The van der Waals surface area contributed by atoms with Crippen LogP contribution >= 0.6 is 0 Å². The first kappa shape index (κ1) is 10.9. The molecular weight excluding hydrogens is 236 g/mol. The number of H-pyrrole nitrogens is 1. The number of rotatable bonds is 4. The van der Waals surface area contributed by atoms with Gasteiger partial charge in [0.25, 0.3) is 5.91 Å². The van der Waals surface area contributed by atoms with Crippen molar-refractivity contribution in [1.82, 2.24) is 31.1 Å². The Balaban J connectivity index is 1.66. The fraction of sp³-hybridized carbons (Fsp3) is 0.500. The van der Waals surface area contributed by atoms with Crippen LogP contribution in [0.1, 0.15) is 53.8 Å². The van der Waals surface area contributed by atoms with Gasteiger partial charge in [0.05, 0.1) is 6.04 Å². The van der Waals surface area contributed by atoms with Gasteiger partial charge < -0.3 is 9.84 Å². The molecule has 2 aromatic heterocycles. The third-order valence-corrected chi connectivity index (χ3v) is 2.84. The number of tetrazole rings is 1. The van der Waals surface area contributed by atoms with E-state index in [9.17, 15) is 4.79 Å². The van der Waals surface area contributed by atoms with Crippen LogP contribution in [0, 0.1) is 0 Å². The first-order valence-corrected chi connectivity index (χ1v) is 5.75. The van der Waals surface area contributed by atoms with Crippen molar-refractivity contribution in [3.63, 3.8) is 0 Å². The van der Waals surface area contributed by atoms with Crippen LogP contribution in [0.3, 0.4) is 0 Å². The molecular formula is C10H12N6O2. The molecule has 2 heterocycles. The molecule has 2 N–H and O–H groups in total. The summed E-state index contributed by atoms with van der Waals surface area (Å²) in [7, 11) is 0. The van der Waals surface area contributed by atoms with Gasteiger partial charge in [-0.05, 0) is 19.8 Å². The van der Waals surface area contributed by atoms with E-state index in [1.807, 2.05) is 0 Å². The molecule has 0 aliphatic heterocycles. The number of nitrogens with zero attached hydrogens (tertiary/aromatic N) is 4. The number of aromatic nitrogens is 5. The summed E-state index contributed by atoms with van der Waals surface area (Å²) in [6.45, 7) is 1.77. The summed E-state index contributed by atoms with van der Waals surface area (Å²) in [5, 5.41) is 19.9. The topological polar surface area (TPSA) is 110 Å². The van der Waals surface area contributed by atoms with Crippen molar-refractivity contribution in [3.05, 3.63) is 23.3 Å². The molecule has 1 unspecified atom stereocenters. The number of amides is 1. The lowest BCUT2D eigenvalue weighted by Gasteiger charge is -2.07. The summed E-state index contributed by atoms with van der Waals surface area (Å²) in [6.07, 6.45) is 2.21. The molecule has 18 heavy (non-hydrogen) atoms. The molecule has 0 bridgehead atoms. The summed E-state index contributed by atoms with van der Waals surface area (Å²) >= 11 is 0. The maximum absolute atomic E-state index is 11.9. The van der Waals surface area contributed by atoms with Crippen LogP contribution < -0.4 is 5.32 Å². The van der Waals surface area contributed by atoms with Crippen molar-refractivity contribution in [2.45, 2.75) is 31.7 Å². The summed E-state index contributed by atoms with van der Waals surface area (Å²) in [5.74, 6) is 1.35. The Bertz CT molecular complexity index is 544. The van der Waals surface area contributed by atoms with Crippen LogP contribution in [0.25, 0.3) is 0 Å². The van der Waals surface area contributed by atoms with Crippen LogP contribution in [0.2, 0.25) is 0 Å². The van der Waals surface area contributed by atoms with Gasteiger partial charge in [0.2, 0.25) is 0 Å². The Morgan fingerprint density at radius 1 is 1.61 bits per heavy atom. The zero-order chi connectivity index (χ0) is 12.5. The average Bonchev–Trinajstić information content (AvgIpc) is 2.91. The highest BCUT2D eigenvalue weighted by molar-refractivity contribution is 5.92. The van der Waals surface area contributed by atoms with E-state index < -0.39 is 0 Å². The summed E-state index contributed by atoms with van der Waals surface area (Å²) in [6, 6.07) is 1.35. The predicted molar refractivity (Wildman–Crippen MR) is 58.5 cm³/mol. The molecule has 1 aliphatic carbocycles. The Morgan fingerprint density at radius 2 is 2.44 bits per heavy atom. The molecule has 8 heteroatoms. The van der Waals surface area contributed by atoms with Gasteiger partial charge in [-0.15, -0.1) is 10.2 Å². The van der Waals surface area contributed by atoms with E-state index in [2.05, 4.69) is 31.1 Å². The van der Waals surface area contributed by atoms with E-state index in [0.29, 0.717) is 11.7 Å². The van der Waals surface area contributed by atoms with Gasteiger partial charge in [0.15, 0.2) is 11.5 Å². The second kappa shape index (κ2) is 4.21. The Kier molecular flexibility index (Phi) is 2.54. The van der Waals surface area contributed by atoms with Crippen molar-refractivity contribution >= 4 is 5.91 Å². The van der Waals surface area contributed by atoms with Gasteiger partial charge in [-0.1, -0.05) is 10.4 Å². The second-order valence-corrected chi connectivity index (χ2v) is 4.35. The summed E-state index contributed by atoms with van der Waals surface area (Å²) < 4.78 is 5.12. The Labute approximate surface area is 102 Å². The van der Waals surface area contributed by atoms with E-state index in [0.717, 1.165) is 18.6 Å². The zero-order valence-corrected chi connectivity index (χ0v) is 9.75. The fourth-order valence-electron chi connectivity index (χ4n) is 1.64. The minimum Gasteiger partial charge on any atom is -0.360 e. The molecule has 0 aromatic carbocycles. The van der Waals surface area contributed by atoms with E-state index in [1.165, 1.54) is 0 Å². The molecule has 1 saturated carbocycles. The molecule has 0 radical (unpaired) electrons. The van der Waals surface area contributed by atoms with Gasteiger partial charge in [-0.2, -0.15) is 5.21 Å². The van der Waals surface area contributed by atoms with Gasteiger partial charge in [0, 0.05) is 12.0 Å². The molecule has 8 nitrogen and oxygen atoms in total.